The predicted octanol–water partition coefficient (Wildman–Crippen LogP) is 3.14. The second-order valence-corrected chi connectivity index (χ2v) is 3.75. The number of aromatic nitrogens is 1. The molecule has 0 radical (unpaired) electrons. The molecule has 0 amide bonds. The van der Waals surface area contributed by atoms with Crippen LogP contribution in [0.3, 0.4) is 0 Å². The van der Waals surface area contributed by atoms with E-state index in [2.05, 4.69) is 9.72 Å². The number of ether oxygens (including phenoxy) is 1. The fourth-order valence-electron chi connectivity index (χ4n) is 1.61. The zero-order valence-corrected chi connectivity index (χ0v) is 9.69. The number of aliphatic hydroxyl groups is 1. The van der Waals surface area contributed by atoms with Crippen molar-refractivity contribution in [3.63, 3.8) is 0 Å². The molecule has 0 fully saturated rings. The lowest BCUT2D eigenvalue weighted by Gasteiger charge is -2.13. The van der Waals surface area contributed by atoms with E-state index in [-0.39, 0.29) is 17.9 Å². The maximum absolute atomic E-state index is 12.3. The summed E-state index contributed by atoms with van der Waals surface area (Å²) in [7, 11) is 0. The molecule has 3 nitrogen and oxygen atoms in total. The molecule has 0 aliphatic carbocycles. The highest BCUT2D eigenvalue weighted by Gasteiger charge is 2.32. The second-order valence-electron chi connectivity index (χ2n) is 3.75. The molecule has 0 spiro atoms. The molecule has 0 aliphatic rings. The van der Waals surface area contributed by atoms with Crippen molar-refractivity contribution >= 4 is 0 Å². The first kappa shape index (κ1) is 13.4. The number of alkyl halides is 3. The Balaban J connectivity index is 2.44. The normalized spacial score (nSPS) is 11.4. The average Bonchev–Trinajstić information content (AvgIpc) is 2.37. The van der Waals surface area contributed by atoms with Crippen LogP contribution in [0.2, 0.25) is 0 Å². The van der Waals surface area contributed by atoms with Crippen LogP contribution in [0.4, 0.5) is 13.2 Å². The summed E-state index contributed by atoms with van der Waals surface area (Å²) in [4.78, 5) is 3.99. The monoisotopic (exact) mass is 269 g/mol. The van der Waals surface area contributed by atoms with Crippen molar-refractivity contribution in [2.24, 2.45) is 0 Å². The summed E-state index contributed by atoms with van der Waals surface area (Å²) in [5.41, 5.74) is 1.09. The standard InChI is InChI=1S/C13H10F3NO2/c14-13(15,16)19-12-4-2-1-3-10(12)11-7-9(8-18)5-6-17-11/h1-7,18H,8H2. The van der Waals surface area contributed by atoms with E-state index < -0.39 is 6.36 Å². The van der Waals surface area contributed by atoms with Gasteiger partial charge in [-0.05, 0) is 29.8 Å². The van der Waals surface area contributed by atoms with Crippen molar-refractivity contribution in [1.29, 1.82) is 0 Å². The van der Waals surface area contributed by atoms with Gasteiger partial charge in [-0.15, -0.1) is 13.2 Å². The highest BCUT2D eigenvalue weighted by molar-refractivity contribution is 5.67. The van der Waals surface area contributed by atoms with E-state index >= 15 is 0 Å². The Kier molecular flexibility index (Phi) is 3.71. The number of hydrogen-bond acceptors (Lipinski definition) is 3. The third-order valence-electron chi connectivity index (χ3n) is 2.40. The molecule has 1 aromatic heterocycles. The molecule has 1 N–H and O–H groups in total. The van der Waals surface area contributed by atoms with Crippen molar-refractivity contribution in [3.05, 3.63) is 48.2 Å². The minimum atomic E-state index is -4.76. The number of pyridine rings is 1. The van der Waals surface area contributed by atoms with Crippen molar-refractivity contribution in [1.82, 2.24) is 4.98 Å². The predicted molar refractivity (Wildman–Crippen MR) is 62.3 cm³/mol. The van der Waals surface area contributed by atoms with Crippen molar-refractivity contribution in [2.75, 3.05) is 0 Å². The number of aliphatic hydroxyl groups excluding tert-OH is 1. The smallest absolute Gasteiger partial charge is 0.405 e. The summed E-state index contributed by atoms with van der Waals surface area (Å²) >= 11 is 0. The average molecular weight is 269 g/mol. The summed E-state index contributed by atoms with van der Waals surface area (Å²) in [5.74, 6) is -0.322. The molecule has 0 unspecified atom stereocenters. The summed E-state index contributed by atoms with van der Waals surface area (Å²) in [6.07, 6.45) is -3.34. The molecule has 100 valence electrons. The number of para-hydroxylation sites is 1. The Hall–Kier alpha value is -2.08. The first-order chi connectivity index (χ1) is 8.99. The highest BCUT2D eigenvalue weighted by atomic mass is 19.4. The quantitative estimate of drug-likeness (QED) is 0.930. The van der Waals surface area contributed by atoms with E-state index in [1.165, 1.54) is 30.5 Å². The fourth-order valence-corrected chi connectivity index (χ4v) is 1.61. The Morgan fingerprint density at radius 2 is 1.89 bits per heavy atom. The van der Waals surface area contributed by atoms with Gasteiger partial charge in [0.15, 0.2) is 0 Å². The van der Waals surface area contributed by atoms with E-state index in [1.54, 1.807) is 12.1 Å². The lowest BCUT2D eigenvalue weighted by molar-refractivity contribution is -0.274. The Labute approximate surface area is 107 Å². The Morgan fingerprint density at radius 3 is 2.58 bits per heavy atom. The van der Waals surface area contributed by atoms with Gasteiger partial charge >= 0.3 is 6.36 Å². The zero-order valence-electron chi connectivity index (χ0n) is 9.69. The van der Waals surface area contributed by atoms with Gasteiger partial charge in [-0.1, -0.05) is 12.1 Å². The van der Waals surface area contributed by atoms with E-state index in [0.717, 1.165) is 0 Å². The largest absolute Gasteiger partial charge is 0.573 e. The van der Waals surface area contributed by atoms with Gasteiger partial charge in [-0.25, -0.2) is 0 Å². The molecular formula is C13H10F3NO2. The number of hydrogen-bond donors (Lipinski definition) is 1. The zero-order chi connectivity index (χ0) is 13.9. The van der Waals surface area contributed by atoms with Gasteiger partial charge in [0.2, 0.25) is 0 Å². The van der Waals surface area contributed by atoms with Crippen LogP contribution in [0, 0.1) is 0 Å². The van der Waals surface area contributed by atoms with Crippen LogP contribution < -0.4 is 4.74 Å². The molecule has 2 aromatic rings. The molecule has 0 saturated carbocycles. The van der Waals surface area contributed by atoms with Crippen LogP contribution >= 0.6 is 0 Å². The minimum Gasteiger partial charge on any atom is -0.405 e. The van der Waals surface area contributed by atoms with Gasteiger partial charge in [0.25, 0.3) is 0 Å². The topological polar surface area (TPSA) is 42.4 Å². The number of benzene rings is 1. The van der Waals surface area contributed by atoms with Crippen LogP contribution in [-0.4, -0.2) is 16.5 Å². The number of nitrogens with zero attached hydrogens (tertiary/aromatic N) is 1. The van der Waals surface area contributed by atoms with Gasteiger partial charge in [0.05, 0.1) is 12.3 Å². The van der Waals surface area contributed by atoms with Crippen molar-refractivity contribution < 1.29 is 23.0 Å². The maximum atomic E-state index is 12.3. The van der Waals surface area contributed by atoms with Crippen LogP contribution in [0.5, 0.6) is 5.75 Å². The molecule has 2 rings (SSSR count). The van der Waals surface area contributed by atoms with Crippen LogP contribution in [0.15, 0.2) is 42.6 Å². The third kappa shape index (κ3) is 3.45. The summed E-state index contributed by atoms with van der Waals surface area (Å²) in [5, 5.41) is 9.03. The van der Waals surface area contributed by atoms with Gasteiger partial charge in [0.1, 0.15) is 5.75 Å². The summed E-state index contributed by atoms with van der Waals surface area (Å²) < 4.78 is 40.9. The molecule has 0 aliphatic heterocycles. The minimum absolute atomic E-state index is 0.211. The van der Waals surface area contributed by atoms with Crippen LogP contribution in [0.25, 0.3) is 11.3 Å². The summed E-state index contributed by atoms with van der Waals surface area (Å²) in [6.45, 7) is -0.211. The Morgan fingerprint density at radius 1 is 1.16 bits per heavy atom. The van der Waals surface area contributed by atoms with Gasteiger partial charge in [0, 0.05) is 11.8 Å². The highest BCUT2D eigenvalue weighted by Crippen LogP contribution is 2.32. The van der Waals surface area contributed by atoms with E-state index in [9.17, 15) is 13.2 Å². The van der Waals surface area contributed by atoms with Crippen molar-refractivity contribution in [3.8, 4) is 17.0 Å². The SMILES string of the molecule is OCc1ccnc(-c2ccccc2OC(F)(F)F)c1. The van der Waals surface area contributed by atoms with Crippen LogP contribution in [0.1, 0.15) is 5.56 Å². The third-order valence-corrected chi connectivity index (χ3v) is 2.40. The van der Waals surface area contributed by atoms with Gasteiger partial charge in [-0.2, -0.15) is 0 Å². The van der Waals surface area contributed by atoms with Gasteiger partial charge in [-0.3, -0.25) is 4.98 Å². The fraction of sp³-hybridized carbons (Fsp3) is 0.154. The van der Waals surface area contributed by atoms with E-state index in [4.69, 9.17) is 5.11 Å². The molecule has 0 saturated heterocycles. The number of rotatable bonds is 3. The Bertz CT molecular complexity index is 570. The van der Waals surface area contributed by atoms with Gasteiger partial charge < -0.3 is 9.84 Å². The lowest BCUT2D eigenvalue weighted by Crippen LogP contribution is -2.17. The van der Waals surface area contributed by atoms with Crippen molar-refractivity contribution in [2.45, 2.75) is 13.0 Å². The molecule has 1 aromatic carbocycles. The first-order valence-electron chi connectivity index (χ1n) is 5.40. The summed E-state index contributed by atoms with van der Waals surface area (Å²) in [6, 6.07) is 8.82. The molecule has 6 heteroatoms. The van der Waals surface area contributed by atoms with E-state index in [1.807, 2.05) is 0 Å². The van der Waals surface area contributed by atoms with Crippen LogP contribution in [-0.2, 0) is 6.61 Å². The second kappa shape index (κ2) is 5.27. The molecule has 1 heterocycles. The molecule has 19 heavy (non-hydrogen) atoms. The lowest BCUT2D eigenvalue weighted by atomic mass is 10.1. The molecule has 0 bridgehead atoms. The number of halogens is 3. The molecule has 0 atom stereocenters. The first-order valence-corrected chi connectivity index (χ1v) is 5.40. The molecular weight excluding hydrogens is 259 g/mol. The van der Waals surface area contributed by atoms with E-state index in [0.29, 0.717) is 11.3 Å². The maximum Gasteiger partial charge on any atom is 0.573 e.